The van der Waals surface area contributed by atoms with Crippen LogP contribution < -0.4 is 21.3 Å². The highest BCUT2D eigenvalue weighted by molar-refractivity contribution is 7.99. The van der Waals surface area contributed by atoms with Crippen molar-refractivity contribution in [1.29, 1.82) is 0 Å². The zero-order valence-electron chi connectivity index (χ0n) is 16.7. The van der Waals surface area contributed by atoms with Crippen molar-refractivity contribution >= 4 is 35.5 Å². The number of thioether (sulfide) groups is 1. The van der Waals surface area contributed by atoms with Crippen LogP contribution in [0.1, 0.15) is 18.1 Å². The lowest BCUT2D eigenvalue weighted by Crippen LogP contribution is -2.17. The zero-order chi connectivity index (χ0) is 21.3. The smallest absolute Gasteiger partial charge is 0.264 e. The number of hydrazone groups is 1. The van der Waals surface area contributed by atoms with Gasteiger partial charge in [0.1, 0.15) is 5.75 Å². The molecule has 0 aliphatic heterocycles. The summed E-state index contributed by atoms with van der Waals surface area (Å²) in [6.45, 7) is 4.49. The van der Waals surface area contributed by atoms with E-state index in [1.165, 1.54) is 16.4 Å². The second-order valence-electron chi connectivity index (χ2n) is 6.20. The average Bonchev–Trinajstić information content (AvgIpc) is 3.09. The van der Waals surface area contributed by atoms with Gasteiger partial charge in [0.15, 0.2) is 0 Å². The summed E-state index contributed by atoms with van der Waals surface area (Å²) in [7, 11) is 0. The number of hydrogen-bond acceptors (Lipinski definition) is 8. The van der Waals surface area contributed by atoms with E-state index in [9.17, 15) is 4.79 Å². The Kier molecular flexibility index (Phi) is 7.28. The fourth-order valence-electron chi connectivity index (χ4n) is 2.46. The number of nitrogen functional groups attached to an aromatic ring is 1. The summed E-state index contributed by atoms with van der Waals surface area (Å²) < 4.78 is 6.65. The number of rotatable bonds is 9. The van der Waals surface area contributed by atoms with E-state index in [0.29, 0.717) is 11.8 Å². The molecule has 3 rings (SSSR count). The van der Waals surface area contributed by atoms with E-state index in [1.807, 2.05) is 62.4 Å². The first-order valence-corrected chi connectivity index (χ1v) is 10.3. The molecule has 0 bridgehead atoms. The van der Waals surface area contributed by atoms with Crippen molar-refractivity contribution in [2.75, 3.05) is 28.9 Å². The molecule has 0 aliphatic carbocycles. The van der Waals surface area contributed by atoms with Crippen LogP contribution in [0.4, 0.5) is 11.6 Å². The van der Waals surface area contributed by atoms with Gasteiger partial charge in [-0.25, -0.2) is 10.1 Å². The van der Waals surface area contributed by atoms with E-state index >= 15 is 0 Å². The van der Waals surface area contributed by atoms with Crippen LogP contribution in [0.3, 0.4) is 0 Å². The highest BCUT2D eigenvalue weighted by Crippen LogP contribution is 2.18. The molecule has 10 heteroatoms. The number of aryl methyl sites for hydroxylation is 1. The van der Waals surface area contributed by atoms with Gasteiger partial charge in [0.05, 0.1) is 18.6 Å². The molecule has 0 aliphatic rings. The topological polar surface area (TPSA) is 119 Å². The highest BCUT2D eigenvalue weighted by Gasteiger charge is 2.12. The number of benzene rings is 2. The number of carbonyl (C=O) groups is 1. The normalized spacial score (nSPS) is 10.9. The maximum Gasteiger partial charge on any atom is 0.264 e. The first-order valence-electron chi connectivity index (χ1n) is 9.27. The van der Waals surface area contributed by atoms with Gasteiger partial charge >= 0.3 is 0 Å². The molecule has 0 radical (unpaired) electrons. The van der Waals surface area contributed by atoms with E-state index < -0.39 is 0 Å². The van der Waals surface area contributed by atoms with Crippen LogP contribution in [0.25, 0.3) is 0 Å². The summed E-state index contributed by atoms with van der Waals surface area (Å²) in [4.78, 5) is 12.2. The lowest BCUT2D eigenvalue weighted by atomic mass is 10.2. The van der Waals surface area contributed by atoms with Crippen LogP contribution >= 0.6 is 11.8 Å². The monoisotopic (exact) mass is 425 g/mol. The van der Waals surface area contributed by atoms with Crippen molar-refractivity contribution in [1.82, 2.24) is 14.9 Å². The Morgan fingerprint density at radius 2 is 2.00 bits per heavy atom. The van der Waals surface area contributed by atoms with E-state index in [-0.39, 0.29) is 17.6 Å². The van der Waals surface area contributed by atoms with E-state index in [1.54, 1.807) is 6.21 Å². The summed E-state index contributed by atoms with van der Waals surface area (Å²) in [5, 5.41) is 15.3. The third-order valence-corrected chi connectivity index (χ3v) is 4.93. The fourth-order valence-corrected chi connectivity index (χ4v) is 3.12. The predicted molar refractivity (Wildman–Crippen MR) is 120 cm³/mol. The van der Waals surface area contributed by atoms with Crippen LogP contribution in [-0.2, 0) is 4.79 Å². The van der Waals surface area contributed by atoms with Gasteiger partial charge in [0.25, 0.3) is 5.95 Å². The minimum absolute atomic E-state index is 0.152. The van der Waals surface area contributed by atoms with Crippen molar-refractivity contribution in [2.24, 2.45) is 5.10 Å². The molecule has 0 fully saturated rings. The lowest BCUT2D eigenvalue weighted by Gasteiger charge is -2.07. The summed E-state index contributed by atoms with van der Waals surface area (Å²) in [5.41, 5.74) is 5.41. The average molecular weight is 426 g/mol. The maximum absolute atomic E-state index is 12.2. The molecule has 1 amide bonds. The highest BCUT2D eigenvalue weighted by atomic mass is 32.2. The first-order chi connectivity index (χ1) is 14.6. The third kappa shape index (κ3) is 5.74. The maximum atomic E-state index is 12.2. The Labute approximate surface area is 178 Å². The predicted octanol–water partition coefficient (Wildman–Crippen LogP) is 2.88. The lowest BCUT2D eigenvalue weighted by molar-refractivity contribution is -0.113. The minimum Gasteiger partial charge on any atom is -0.494 e. The summed E-state index contributed by atoms with van der Waals surface area (Å²) >= 11 is 1.18. The van der Waals surface area contributed by atoms with Crippen molar-refractivity contribution in [3.05, 3.63) is 59.7 Å². The molecular formula is C20H23N7O2S. The standard InChI is InChI=1S/C20H23N7O2S/c1-3-29-16-10-8-15(9-11-16)12-22-24-19-25-26-20(27(19)21)30-13-18(28)23-17-7-5-4-6-14(17)2/h4-12H,3,13,21H2,1-2H3,(H,23,28)(H,24,25)/b22-12+. The Morgan fingerprint density at radius 1 is 1.23 bits per heavy atom. The molecule has 1 aromatic heterocycles. The number of nitrogens with zero attached hydrogens (tertiary/aromatic N) is 4. The second kappa shape index (κ2) is 10.3. The number of anilines is 2. The summed E-state index contributed by atoms with van der Waals surface area (Å²) in [6.07, 6.45) is 1.63. The van der Waals surface area contributed by atoms with Gasteiger partial charge in [-0.3, -0.25) is 4.79 Å². The molecular weight excluding hydrogens is 402 g/mol. The van der Waals surface area contributed by atoms with Crippen LogP contribution in [0.2, 0.25) is 0 Å². The van der Waals surface area contributed by atoms with Gasteiger partial charge in [-0.15, -0.1) is 10.2 Å². The molecule has 0 atom stereocenters. The number of para-hydroxylation sites is 1. The van der Waals surface area contributed by atoms with Crippen LogP contribution in [0.5, 0.6) is 5.75 Å². The zero-order valence-corrected chi connectivity index (χ0v) is 17.5. The van der Waals surface area contributed by atoms with Crippen LogP contribution in [0.15, 0.2) is 58.8 Å². The number of aromatic nitrogens is 3. The quantitative estimate of drug-likeness (QED) is 0.209. The molecule has 0 saturated heterocycles. The second-order valence-corrected chi connectivity index (χ2v) is 7.14. The van der Waals surface area contributed by atoms with Gasteiger partial charge in [0, 0.05) is 5.69 Å². The molecule has 0 saturated carbocycles. The number of ether oxygens (including phenoxy) is 1. The fraction of sp³-hybridized carbons (Fsp3) is 0.200. The van der Waals surface area contributed by atoms with Gasteiger partial charge in [-0.2, -0.15) is 5.10 Å². The number of carbonyl (C=O) groups excluding carboxylic acids is 1. The minimum atomic E-state index is -0.152. The summed E-state index contributed by atoms with van der Waals surface area (Å²) in [5.74, 6) is 7.05. The SMILES string of the molecule is CCOc1ccc(/C=N/Nc2nnc(SCC(=O)Nc3ccccc3C)n2N)cc1. The van der Waals surface area contributed by atoms with Gasteiger partial charge < -0.3 is 15.9 Å². The third-order valence-electron chi connectivity index (χ3n) is 3.99. The molecule has 0 unspecified atom stereocenters. The van der Waals surface area contributed by atoms with E-state index in [2.05, 4.69) is 26.0 Å². The van der Waals surface area contributed by atoms with Gasteiger partial charge in [-0.05, 0) is 55.3 Å². The Bertz CT molecular complexity index is 1020. The van der Waals surface area contributed by atoms with Gasteiger partial charge in [-0.1, -0.05) is 30.0 Å². The largest absolute Gasteiger partial charge is 0.494 e. The summed E-state index contributed by atoms with van der Waals surface area (Å²) in [6, 6.07) is 15.1. The molecule has 4 N–H and O–H groups in total. The number of amides is 1. The molecule has 2 aromatic carbocycles. The van der Waals surface area contributed by atoms with Crippen LogP contribution in [-0.4, -0.2) is 39.4 Å². The first kappa shape index (κ1) is 21.2. The molecule has 3 aromatic rings. The molecule has 156 valence electrons. The van der Waals surface area contributed by atoms with Crippen molar-refractivity contribution in [3.8, 4) is 5.75 Å². The molecule has 0 spiro atoms. The Hall–Kier alpha value is -3.53. The van der Waals surface area contributed by atoms with Crippen LogP contribution in [0, 0.1) is 6.92 Å². The number of hydrogen-bond donors (Lipinski definition) is 3. The molecule has 30 heavy (non-hydrogen) atoms. The van der Waals surface area contributed by atoms with E-state index in [4.69, 9.17) is 10.6 Å². The molecule has 1 heterocycles. The van der Waals surface area contributed by atoms with Gasteiger partial charge in [0.2, 0.25) is 11.1 Å². The van der Waals surface area contributed by atoms with Crippen molar-refractivity contribution < 1.29 is 9.53 Å². The number of nitrogens with two attached hydrogens (primary N) is 1. The van der Waals surface area contributed by atoms with E-state index in [0.717, 1.165) is 22.6 Å². The Morgan fingerprint density at radius 3 is 2.73 bits per heavy atom. The molecule has 9 nitrogen and oxygen atoms in total. The van der Waals surface area contributed by atoms with Crippen molar-refractivity contribution in [2.45, 2.75) is 19.0 Å². The van der Waals surface area contributed by atoms with Crippen molar-refractivity contribution in [3.63, 3.8) is 0 Å². The Balaban J connectivity index is 1.51. The number of nitrogens with one attached hydrogen (secondary N) is 2.